The molecular formula is C11H24O2Si. The van der Waals surface area contributed by atoms with Crippen LogP contribution in [0.2, 0.25) is 18.1 Å². The summed E-state index contributed by atoms with van der Waals surface area (Å²) in [6, 6.07) is 0. The Bertz CT molecular complexity index is 194. The Hall–Kier alpha value is -0.153. The number of hydrogen-bond acceptors (Lipinski definition) is 2. The second-order valence-corrected chi connectivity index (χ2v) is 10.3. The minimum Gasteiger partial charge on any atom is -0.414 e. The molecule has 3 heteroatoms. The van der Waals surface area contributed by atoms with Gasteiger partial charge in [0.1, 0.15) is 6.29 Å². The molecule has 0 saturated carbocycles. The van der Waals surface area contributed by atoms with Gasteiger partial charge in [-0.15, -0.1) is 0 Å². The van der Waals surface area contributed by atoms with Crippen LogP contribution >= 0.6 is 0 Å². The van der Waals surface area contributed by atoms with E-state index < -0.39 is 8.32 Å². The van der Waals surface area contributed by atoms with Crippen LogP contribution in [0.4, 0.5) is 0 Å². The molecule has 0 aromatic rings. The van der Waals surface area contributed by atoms with E-state index in [2.05, 4.69) is 33.9 Å². The molecule has 0 spiro atoms. The van der Waals surface area contributed by atoms with Crippen molar-refractivity contribution in [3.05, 3.63) is 0 Å². The van der Waals surface area contributed by atoms with Crippen molar-refractivity contribution in [3.63, 3.8) is 0 Å². The molecule has 0 N–H and O–H groups in total. The molecule has 0 amide bonds. The first-order chi connectivity index (χ1) is 6.12. The van der Waals surface area contributed by atoms with Gasteiger partial charge in [0.25, 0.3) is 0 Å². The van der Waals surface area contributed by atoms with Gasteiger partial charge >= 0.3 is 0 Å². The molecule has 0 unspecified atom stereocenters. The van der Waals surface area contributed by atoms with E-state index in [1.807, 2.05) is 13.8 Å². The molecule has 0 saturated heterocycles. The fourth-order valence-electron chi connectivity index (χ4n) is 0.859. The predicted octanol–water partition coefficient (Wildman–Crippen LogP) is 3.23. The van der Waals surface area contributed by atoms with Crippen LogP contribution in [-0.2, 0) is 9.22 Å². The van der Waals surface area contributed by atoms with Crippen molar-refractivity contribution >= 4 is 14.6 Å². The molecule has 0 aliphatic heterocycles. The Morgan fingerprint density at radius 2 is 1.64 bits per heavy atom. The smallest absolute Gasteiger partial charge is 0.192 e. The van der Waals surface area contributed by atoms with E-state index in [4.69, 9.17) is 4.43 Å². The number of hydrogen-bond donors (Lipinski definition) is 0. The van der Waals surface area contributed by atoms with Gasteiger partial charge in [0.05, 0.1) is 6.10 Å². The van der Waals surface area contributed by atoms with Crippen molar-refractivity contribution in [1.29, 1.82) is 0 Å². The van der Waals surface area contributed by atoms with Gasteiger partial charge in [-0.05, 0) is 25.1 Å². The summed E-state index contributed by atoms with van der Waals surface area (Å²) in [6.07, 6.45) is 1.01. The zero-order chi connectivity index (χ0) is 11.6. The summed E-state index contributed by atoms with van der Waals surface area (Å²) in [5.74, 6) is -0.0101. The van der Waals surface area contributed by atoms with Crippen LogP contribution in [0, 0.1) is 5.92 Å². The molecule has 2 nitrogen and oxygen atoms in total. The van der Waals surface area contributed by atoms with Crippen LogP contribution in [0.5, 0.6) is 0 Å². The van der Waals surface area contributed by atoms with Crippen molar-refractivity contribution in [2.24, 2.45) is 5.92 Å². The Morgan fingerprint density at radius 1 is 1.21 bits per heavy atom. The van der Waals surface area contributed by atoms with Crippen molar-refractivity contribution in [1.82, 2.24) is 0 Å². The highest BCUT2D eigenvalue weighted by atomic mass is 28.4. The van der Waals surface area contributed by atoms with Crippen LogP contribution in [0.15, 0.2) is 0 Å². The number of carbonyl (C=O) groups excluding carboxylic acids is 1. The minimum absolute atomic E-state index is 0.0101. The average molecular weight is 216 g/mol. The number of carbonyl (C=O) groups is 1. The highest BCUT2D eigenvalue weighted by Gasteiger charge is 2.39. The van der Waals surface area contributed by atoms with Crippen molar-refractivity contribution in [2.45, 2.75) is 58.9 Å². The van der Waals surface area contributed by atoms with E-state index in [1.165, 1.54) is 0 Å². The third-order valence-electron chi connectivity index (χ3n) is 3.24. The second-order valence-electron chi connectivity index (χ2n) is 5.58. The second kappa shape index (κ2) is 4.58. The SMILES string of the molecule is C[C@@H](C=O)[C@@H](C)O[Si](C)(C)C(C)(C)C. The van der Waals surface area contributed by atoms with E-state index in [0.717, 1.165) is 6.29 Å². The van der Waals surface area contributed by atoms with Gasteiger partial charge < -0.3 is 9.22 Å². The maximum absolute atomic E-state index is 10.6. The highest BCUT2D eigenvalue weighted by Crippen LogP contribution is 2.37. The van der Waals surface area contributed by atoms with E-state index in [0.29, 0.717) is 0 Å². The summed E-state index contributed by atoms with van der Waals surface area (Å²) < 4.78 is 6.06. The molecule has 0 aliphatic carbocycles. The van der Waals surface area contributed by atoms with Gasteiger partial charge in [-0.25, -0.2) is 0 Å². The average Bonchev–Trinajstić information content (AvgIpc) is 2.00. The molecule has 0 aromatic heterocycles. The van der Waals surface area contributed by atoms with Gasteiger partial charge in [0, 0.05) is 5.92 Å². The zero-order valence-electron chi connectivity index (χ0n) is 10.5. The third-order valence-corrected chi connectivity index (χ3v) is 7.82. The Balaban J connectivity index is 4.44. The molecule has 0 fully saturated rings. The fourth-order valence-corrected chi connectivity index (χ4v) is 2.36. The van der Waals surface area contributed by atoms with Crippen LogP contribution in [0.25, 0.3) is 0 Å². The summed E-state index contributed by atoms with van der Waals surface area (Å²) in [5.41, 5.74) is 0. The monoisotopic (exact) mass is 216 g/mol. The molecular weight excluding hydrogens is 192 g/mol. The van der Waals surface area contributed by atoms with Crippen LogP contribution in [0.3, 0.4) is 0 Å². The summed E-state index contributed by atoms with van der Waals surface area (Å²) >= 11 is 0. The summed E-state index contributed by atoms with van der Waals surface area (Å²) in [7, 11) is -1.71. The third kappa shape index (κ3) is 3.54. The maximum Gasteiger partial charge on any atom is 0.192 e. The lowest BCUT2D eigenvalue weighted by molar-refractivity contribution is -0.112. The molecule has 0 radical (unpaired) electrons. The molecule has 0 aromatic carbocycles. The van der Waals surface area contributed by atoms with Gasteiger partial charge in [-0.1, -0.05) is 27.7 Å². The predicted molar refractivity (Wildman–Crippen MR) is 63.0 cm³/mol. The molecule has 0 aliphatic rings. The number of rotatable bonds is 4. The molecule has 84 valence electrons. The van der Waals surface area contributed by atoms with E-state index in [-0.39, 0.29) is 17.1 Å². The highest BCUT2D eigenvalue weighted by molar-refractivity contribution is 6.74. The van der Waals surface area contributed by atoms with Gasteiger partial charge in [-0.2, -0.15) is 0 Å². The van der Waals surface area contributed by atoms with Crippen molar-refractivity contribution < 1.29 is 9.22 Å². The summed E-state index contributed by atoms with van der Waals surface area (Å²) in [4.78, 5) is 10.6. The molecule has 14 heavy (non-hydrogen) atoms. The normalized spacial score (nSPS) is 17.6. The van der Waals surface area contributed by atoms with Crippen LogP contribution in [0.1, 0.15) is 34.6 Å². The van der Waals surface area contributed by atoms with E-state index in [1.54, 1.807) is 0 Å². The molecule has 2 atom stereocenters. The summed E-state index contributed by atoms with van der Waals surface area (Å²) in [6.45, 7) is 14.9. The first-order valence-corrected chi connectivity index (χ1v) is 8.16. The van der Waals surface area contributed by atoms with Gasteiger partial charge in [-0.3, -0.25) is 0 Å². The van der Waals surface area contributed by atoms with Gasteiger partial charge in [0.15, 0.2) is 8.32 Å². The van der Waals surface area contributed by atoms with Crippen molar-refractivity contribution in [3.8, 4) is 0 Å². The molecule has 0 bridgehead atoms. The lowest BCUT2D eigenvalue weighted by Crippen LogP contribution is -2.44. The van der Waals surface area contributed by atoms with Crippen LogP contribution in [-0.4, -0.2) is 20.7 Å². The Labute approximate surface area is 89.2 Å². The Kier molecular flexibility index (Phi) is 4.53. The molecule has 0 rings (SSSR count). The number of aldehydes is 1. The van der Waals surface area contributed by atoms with E-state index >= 15 is 0 Å². The first kappa shape index (κ1) is 13.8. The first-order valence-electron chi connectivity index (χ1n) is 5.25. The standard InChI is InChI=1S/C11H24O2Si/c1-9(8-12)10(2)13-14(6,7)11(3,4)5/h8-10H,1-7H3/t9-,10+/m0/s1. The maximum atomic E-state index is 10.6. The largest absolute Gasteiger partial charge is 0.414 e. The Morgan fingerprint density at radius 3 is 1.93 bits per heavy atom. The lowest BCUT2D eigenvalue weighted by Gasteiger charge is -2.39. The zero-order valence-corrected chi connectivity index (χ0v) is 11.5. The van der Waals surface area contributed by atoms with Crippen LogP contribution < -0.4 is 0 Å². The van der Waals surface area contributed by atoms with Crippen molar-refractivity contribution in [2.75, 3.05) is 0 Å². The minimum atomic E-state index is -1.71. The topological polar surface area (TPSA) is 26.3 Å². The lowest BCUT2D eigenvalue weighted by atomic mass is 10.1. The fraction of sp³-hybridized carbons (Fsp3) is 0.909. The molecule has 0 heterocycles. The summed E-state index contributed by atoms with van der Waals surface area (Å²) in [5, 5.41) is 0.212. The van der Waals surface area contributed by atoms with E-state index in [9.17, 15) is 4.79 Å². The van der Waals surface area contributed by atoms with Gasteiger partial charge in [0.2, 0.25) is 0 Å². The quantitative estimate of drug-likeness (QED) is 0.533.